The van der Waals surface area contributed by atoms with Crippen LogP contribution in [0.15, 0.2) is 48.5 Å². The van der Waals surface area contributed by atoms with Gasteiger partial charge < -0.3 is 11.1 Å². The molecular weight excluding hydrogens is 260 g/mol. The predicted octanol–water partition coefficient (Wildman–Crippen LogP) is 3.39. The van der Waals surface area contributed by atoms with E-state index < -0.39 is 0 Å². The Labute approximate surface area is 126 Å². The van der Waals surface area contributed by atoms with Gasteiger partial charge >= 0.3 is 0 Å². The number of nitrogen functional groups attached to an aromatic ring is 1. The largest absolute Gasteiger partial charge is 0.399 e. The Balaban J connectivity index is 1.87. The molecule has 3 N–H and O–H groups in total. The number of carbonyl (C=O) groups is 1. The van der Waals surface area contributed by atoms with Crippen molar-refractivity contribution in [3.63, 3.8) is 0 Å². The van der Waals surface area contributed by atoms with E-state index in [4.69, 9.17) is 5.73 Å². The van der Waals surface area contributed by atoms with Crippen LogP contribution in [0.2, 0.25) is 0 Å². The lowest BCUT2D eigenvalue weighted by molar-refractivity contribution is -0.121. The van der Waals surface area contributed by atoms with Crippen molar-refractivity contribution in [2.24, 2.45) is 0 Å². The van der Waals surface area contributed by atoms with E-state index in [1.165, 1.54) is 5.56 Å². The molecule has 0 fully saturated rings. The summed E-state index contributed by atoms with van der Waals surface area (Å²) in [7, 11) is 0. The van der Waals surface area contributed by atoms with Crippen molar-refractivity contribution < 1.29 is 4.79 Å². The molecule has 0 bridgehead atoms. The number of anilines is 1. The molecule has 3 nitrogen and oxygen atoms in total. The number of nitrogens with one attached hydrogen (secondary N) is 1. The van der Waals surface area contributed by atoms with E-state index in [9.17, 15) is 4.79 Å². The van der Waals surface area contributed by atoms with E-state index in [2.05, 4.69) is 36.5 Å². The van der Waals surface area contributed by atoms with Gasteiger partial charge in [0.25, 0.3) is 0 Å². The van der Waals surface area contributed by atoms with E-state index in [1.54, 1.807) is 0 Å². The van der Waals surface area contributed by atoms with Crippen LogP contribution in [0.5, 0.6) is 0 Å². The molecular formula is C18H22N2O. The number of rotatable bonds is 5. The van der Waals surface area contributed by atoms with Crippen LogP contribution in [0, 0.1) is 6.92 Å². The van der Waals surface area contributed by atoms with Gasteiger partial charge in [-0.25, -0.2) is 0 Å². The van der Waals surface area contributed by atoms with Crippen LogP contribution in [0.25, 0.3) is 0 Å². The Bertz CT molecular complexity index is 605. The van der Waals surface area contributed by atoms with Crippen LogP contribution in [-0.2, 0) is 11.2 Å². The SMILES string of the molecule is Cc1ccc([C@@H](C)NC(=O)CCc2ccccc2N)cc1. The summed E-state index contributed by atoms with van der Waals surface area (Å²) in [4.78, 5) is 12.0. The number of carbonyl (C=O) groups excluding carboxylic acids is 1. The summed E-state index contributed by atoms with van der Waals surface area (Å²) in [5.41, 5.74) is 9.99. The van der Waals surface area contributed by atoms with Gasteiger partial charge in [0.1, 0.15) is 0 Å². The second-order valence-corrected chi connectivity index (χ2v) is 5.40. The van der Waals surface area contributed by atoms with Crippen molar-refractivity contribution in [2.75, 3.05) is 5.73 Å². The number of benzene rings is 2. The van der Waals surface area contributed by atoms with Crippen molar-refractivity contribution in [1.82, 2.24) is 5.32 Å². The van der Waals surface area contributed by atoms with Crippen molar-refractivity contribution >= 4 is 11.6 Å². The molecule has 0 aliphatic heterocycles. The van der Waals surface area contributed by atoms with Gasteiger partial charge in [0.05, 0.1) is 6.04 Å². The quantitative estimate of drug-likeness (QED) is 0.826. The molecule has 0 heterocycles. The lowest BCUT2D eigenvalue weighted by atomic mass is 10.1. The second-order valence-electron chi connectivity index (χ2n) is 5.40. The molecule has 0 aromatic heterocycles. The highest BCUT2D eigenvalue weighted by Gasteiger charge is 2.10. The molecule has 21 heavy (non-hydrogen) atoms. The molecule has 1 atom stereocenters. The molecule has 2 rings (SSSR count). The molecule has 0 saturated heterocycles. The van der Waals surface area contributed by atoms with Gasteiger partial charge in [-0.1, -0.05) is 48.0 Å². The van der Waals surface area contributed by atoms with Gasteiger partial charge in [-0.2, -0.15) is 0 Å². The highest BCUT2D eigenvalue weighted by atomic mass is 16.1. The van der Waals surface area contributed by atoms with Gasteiger partial charge in [-0.3, -0.25) is 4.79 Å². The minimum absolute atomic E-state index is 0.0196. The Hall–Kier alpha value is -2.29. The summed E-state index contributed by atoms with van der Waals surface area (Å²) in [6.07, 6.45) is 1.11. The standard InChI is InChI=1S/C18H22N2O/c1-13-7-9-15(10-8-13)14(2)20-18(21)12-11-16-5-3-4-6-17(16)19/h3-10,14H,11-12,19H2,1-2H3,(H,20,21)/t14-/m1/s1. The fourth-order valence-corrected chi connectivity index (χ4v) is 2.26. The van der Waals surface area contributed by atoms with Gasteiger partial charge in [0, 0.05) is 12.1 Å². The fraction of sp³-hybridized carbons (Fsp3) is 0.278. The van der Waals surface area contributed by atoms with Crippen molar-refractivity contribution in [3.8, 4) is 0 Å². The zero-order chi connectivity index (χ0) is 15.2. The number of aryl methyl sites for hydroxylation is 2. The molecule has 0 aliphatic carbocycles. The van der Waals surface area contributed by atoms with Gasteiger partial charge in [0.15, 0.2) is 0 Å². The fourth-order valence-electron chi connectivity index (χ4n) is 2.26. The molecule has 0 unspecified atom stereocenters. The molecule has 1 amide bonds. The molecule has 0 radical (unpaired) electrons. The minimum atomic E-state index is 0.0196. The Morgan fingerprint density at radius 2 is 1.81 bits per heavy atom. The average molecular weight is 282 g/mol. The first-order valence-electron chi connectivity index (χ1n) is 7.25. The highest BCUT2D eigenvalue weighted by Crippen LogP contribution is 2.15. The molecule has 3 heteroatoms. The first kappa shape index (κ1) is 15.1. The Morgan fingerprint density at radius 1 is 1.14 bits per heavy atom. The lowest BCUT2D eigenvalue weighted by Crippen LogP contribution is -2.26. The average Bonchev–Trinajstić information content (AvgIpc) is 2.47. The van der Waals surface area contributed by atoms with E-state index >= 15 is 0 Å². The molecule has 110 valence electrons. The van der Waals surface area contributed by atoms with Crippen LogP contribution >= 0.6 is 0 Å². The number of para-hydroxylation sites is 1. The topological polar surface area (TPSA) is 55.1 Å². The number of hydrogen-bond acceptors (Lipinski definition) is 2. The third-order valence-electron chi connectivity index (χ3n) is 3.63. The van der Waals surface area contributed by atoms with Crippen molar-refractivity contribution in [2.45, 2.75) is 32.7 Å². The van der Waals surface area contributed by atoms with E-state index in [1.807, 2.05) is 31.2 Å². The summed E-state index contributed by atoms with van der Waals surface area (Å²) in [5.74, 6) is 0.0475. The Kier molecular flexibility index (Phi) is 4.99. The second kappa shape index (κ2) is 6.93. The van der Waals surface area contributed by atoms with Crippen LogP contribution in [0.3, 0.4) is 0 Å². The number of amides is 1. The van der Waals surface area contributed by atoms with E-state index in [-0.39, 0.29) is 11.9 Å². The molecule has 2 aromatic rings. The smallest absolute Gasteiger partial charge is 0.220 e. The Morgan fingerprint density at radius 3 is 2.48 bits per heavy atom. The van der Waals surface area contributed by atoms with Crippen LogP contribution < -0.4 is 11.1 Å². The lowest BCUT2D eigenvalue weighted by Gasteiger charge is -2.15. The summed E-state index contributed by atoms with van der Waals surface area (Å²) in [5, 5.41) is 3.03. The maximum Gasteiger partial charge on any atom is 0.220 e. The zero-order valence-corrected chi connectivity index (χ0v) is 12.6. The van der Waals surface area contributed by atoms with Gasteiger partial charge in [-0.05, 0) is 37.5 Å². The summed E-state index contributed by atoms with van der Waals surface area (Å²) < 4.78 is 0. The first-order valence-corrected chi connectivity index (χ1v) is 7.25. The zero-order valence-electron chi connectivity index (χ0n) is 12.6. The van der Waals surface area contributed by atoms with E-state index in [0.717, 1.165) is 16.8 Å². The predicted molar refractivity (Wildman–Crippen MR) is 86.9 cm³/mol. The molecule has 0 aliphatic rings. The van der Waals surface area contributed by atoms with E-state index in [0.29, 0.717) is 12.8 Å². The number of hydrogen-bond donors (Lipinski definition) is 2. The maximum absolute atomic E-state index is 12.0. The van der Waals surface area contributed by atoms with Crippen LogP contribution in [0.4, 0.5) is 5.69 Å². The third kappa shape index (κ3) is 4.35. The molecule has 0 saturated carbocycles. The van der Waals surface area contributed by atoms with Crippen molar-refractivity contribution in [1.29, 1.82) is 0 Å². The van der Waals surface area contributed by atoms with Crippen LogP contribution in [0.1, 0.15) is 36.1 Å². The summed E-state index contributed by atoms with van der Waals surface area (Å²) >= 11 is 0. The van der Waals surface area contributed by atoms with Crippen molar-refractivity contribution in [3.05, 3.63) is 65.2 Å². The molecule has 2 aromatic carbocycles. The van der Waals surface area contributed by atoms with Crippen LogP contribution in [-0.4, -0.2) is 5.91 Å². The summed E-state index contributed by atoms with van der Waals surface area (Å²) in [6, 6.07) is 15.9. The molecule has 0 spiro atoms. The van der Waals surface area contributed by atoms with Gasteiger partial charge in [0.2, 0.25) is 5.91 Å². The highest BCUT2D eigenvalue weighted by molar-refractivity contribution is 5.77. The third-order valence-corrected chi connectivity index (χ3v) is 3.63. The maximum atomic E-state index is 12.0. The minimum Gasteiger partial charge on any atom is -0.399 e. The summed E-state index contributed by atoms with van der Waals surface area (Å²) in [6.45, 7) is 4.05. The number of nitrogens with two attached hydrogens (primary N) is 1. The normalized spacial score (nSPS) is 11.9. The first-order chi connectivity index (χ1) is 10.1. The monoisotopic (exact) mass is 282 g/mol. The van der Waals surface area contributed by atoms with Gasteiger partial charge in [-0.15, -0.1) is 0 Å².